The van der Waals surface area contributed by atoms with Crippen molar-refractivity contribution in [1.82, 2.24) is 0 Å². The smallest absolute Gasteiger partial charge is 0.295 e. The summed E-state index contributed by atoms with van der Waals surface area (Å²) >= 11 is 13.0. The van der Waals surface area contributed by atoms with Gasteiger partial charge in [0.1, 0.15) is 0 Å². The Kier molecular flexibility index (Phi) is 4.53. The molecule has 0 saturated carbocycles. The maximum atomic E-state index is 12.6. The van der Waals surface area contributed by atoms with Crippen LogP contribution in [0.4, 0.5) is 16.2 Å². The van der Waals surface area contributed by atoms with Gasteiger partial charge in [-0.25, -0.2) is 4.90 Å². The normalized spacial score (nSPS) is 17.7. The fourth-order valence-corrected chi connectivity index (χ4v) is 3.53. The Morgan fingerprint density at radius 2 is 1.83 bits per heavy atom. The molecule has 2 aromatic rings. The van der Waals surface area contributed by atoms with Crippen molar-refractivity contribution in [3.63, 3.8) is 0 Å². The number of benzene rings is 2. The van der Waals surface area contributed by atoms with E-state index in [0.717, 1.165) is 17.3 Å². The van der Waals surface area contributed by atoms with Crippen LogP contribution in [0.1, 0.15) is 5.56 Å². The van der Waals surface area contributed by atoms with E-state index in [0.29, 0.717) is 21.4 Å². The van der Waals surface area contributed by atoms with E-state index in [4.69, 9.17) is 23.2 Å². The van der Waals surface area contributed by atoms with E-state index >= 15 is 0 Å². The predicted molar refractivity (Wildman–Crippen MR) is 95.5 cm³/mol. The third-order valence-corrected chi connectivity index (χ3v) is 5.20. The van der Waals surface area contributed by atoms with Crippen LogP contribution in [-0.4, -0.2) is 16.5 Å². The zero-order valence-corrected chi connectivity index (χ0v) is 14.4. The van der Waals surface area contributed by atoms with Gasteiger partial charge in [0, 0.05) is 0 Å². The molecule has 118 valence electrons. The van der Waals surface area contributed by atoms with Crippen molar-refractivity contribution in [2.45, 2.75) is 12.3 Å². The van der Waals surface area contributed by atoms with E-state index in [1.807, 2.05) is 19.1 Å². The second-order valence-corrected chi connectivity index (χ2v) is 6.81. The number of hydrogen-bond donors (Lipinski definition) is 1. The summed E-state index contributed by atoms with van der Waals surface area (Å²) in [5.41, 5.74) is 1.97. The molecule has 4 nitrogen and oxygen atoms in total. The Morgan fingerprint density at radius 1 is 1.09 bits per heavy atom. The number of amides is 2. The van der Waals surface area contributed by atoms with Crippen molar-refractivity contribution in [3.8, 4) is 0 Å². The van der Waals surface area contributed by atoms with Crippen molar-refractivity contribution < 1.29 is 9.59 Å². The number of thioether (sulfide) groups is 1. The van der Waals surface area contributed by atoms with Crippen LogP contribution in [-0.2, 0) is 4.79 Å². The third-order valence-electron chi connectivity index (χ3n) is 3.44. The van der Waals surface area contributed by atoms with Crippen molar-refractivity contribution >= 4 is 57.5 Å². The Morgan fingerprint density at radius 3 is 2.57 bits per heavy atom. The molecule has 7 heteroatoms. The van der Waals surface area contributed by atoms with Gasteiger partial charge in [0.05, 0.1) is 21.4 Å². The van der Waals surface area contributed by atoms with Gasteiger partial charge in [0.2, 0.25) is 0 Å². The predicted octanol–water partition coefficient (Wildman–Crippen LogP) is 4.94. The Labute approximate surface area is 147 Å². The highest BCUT2D eigenvalue weighted by molar-refractivity contribution is 8.16. The van der Waals surface area contributed by atoms with E-state index < -0.39 is 5.37 Å². The molecule has 1 aliphatic rings. The molecule has 1 aliphatic heterocycles. The minimum absolute atomic E-state index is 0.319. The summed E-state index contributed by atoms with van der Waals surface area (Å²) < 4.78 is 0. The summed E-state index contributed by atoms with van der Waals surface area (Å²) in [6.45, 7) is 1.86. The molecule has 0 radical (unpaired) electrons. The Balaban J connectivity index is 1.87. The first kappa shape index (κ1) is 16.2. The quantitative estimate of drug-likeness (QED) is 0.835. The molecule has 3 rings (SSSR count). The van der Waals surface area contributed by atoms with Crippen molar-refractivity contribution in [2.75, 3.05) is 10.2 Å². The van der Waals surface area contributed by atoms with Gasteiger partial charge in [-0.3, -0.25) is 9.59 Å². The number of hydrogen-bond acceptors (Lipinski definition) is 4. The maximum Gasteiger partial charge on any atom is 0.295 e. The van der Waals surface area contributed by atoms with Gasteiger partial charge < -0.3 is 5.32 Å². The number of nitrogens with zero attached hydrogens (tertiary/aromatic N) is 1. The molecule has 1 unspecified atom stereocenters. The lowest BCUT2D eigenvalue weighted by molar-refractivity contribution is -0.116. The molecule has 1 atom stereocenters. The summed E-state index contributed by atoms with van der Waals surface area (Å²) in [5.74, 6) is -0.328. The van der Waals surface area contributed by atoms with Crippen molar-refractivity contribution in [3.05, 3.63) is 58.1 Å². The van der Waals surface area contributed by atoms with E-state index in [-0.39, 0.29) is 11.1 Å². The highest BCUT2D eigenvalue weighted by Crippen LogP contribution is 2.36. The number of halogens is 2. The SMILES string of the molecule is Cc1ccccc1N1C(=O)SC(Nc2cccc(Cl)c2Cl)C1=O. The van der Waals surface area contributed by atoms with Crippen LogP contribution in [0.3, 0.4) is 0 Å². The van der Waals surface area contributed by atoms with Crippen molar-refractivity contribution in [2.24, 2.45) is 0 Å². The second-order valence-electron chi connectivity index (χ2n) is 4.97. The first-order valence-electron chi connectivity index (χ1n) is 6.80. The highest BCUT2D eigenvalue weighted by atomic mass is 35.5. The molecule has 1 saturated heterocycles. The molecule has 23 heavy (non-hydrogen) atoms. The number of carbonyl (C=O) groups excluding carboxylic acids is 2. The topological polar surface area (TPSA) is 49.4 Å². The average Bonchev–Trinajstić information content (AvgIpc) is 2.79. The van der Waals surface area contributed by atoms with Crippen LogP contribution in [0.15, 0.2) is 42.5 Å². The molecule has 1 N–H and O–H groups in total. The van der Waals surface area contributed by atoms with Crippen LogP contribution in [0.25, 0.3) is 0 Å². The lowest BCUT2D eigenvalue weighted by Crippen LogP contribution is -2.34. The van der Waals surface area contributed by atoms with E-state index in [1.54, 1.807) is 30.3 Å². The zero-order valence-electron chi connectivity index (χ0n) is 12.0. The monoisotopic (exact) mass is 366 g/mol. The molecule has 0 spiro atoms. The average molecular weight is 367 g/mol. The summed E-state index contributed by atoms with van der Waals surface area (Å²) in [7, 11) is 0. The third kappa shape index (κ3) is 3.04. The standard InChI is InChI=1S/C16H12Cl2N2O2S/c1-9-5-2-3-8-12(9)20-15(21)14(23-16(20)22)19-11-7-4-6-10(17)13(11)18/h2-8,14,19H,1H3. The molecule has 2 aromatic carbocycles. The van der Waals surface area contributed by atoms with Crippen LogP contribution in [0, 0.1) is 6.92 Å². The lowest BCUT2D eigenvalue weighted by Gasteiger charge is -2.17. The van der Waals surface area contributed by atoms with Gasteiger partial charge in [-0.1, -0.05) is 47.5 Å². The lowest BCUT2D eigenvalue weighted by atomic mass is 10.2. The zero-order chi connectivity index (χ0) is 16.6. The fraction of sp³-hybridized carbons (Fsp3) is 0.125. The number of rotatable bonds is 3. The molecule has 0 aliphatic carbocycles. The maximum absolute atomic E-state index is 12.6. The van der Waals surface area contributed by atoms with Crippen LogP contribution < -0.4 is 10.2 Å². The summed E-state index contributed by atoms with van der Waals surface area (Å²) in [6.07, 6.45) is 0. The number of anilines is 2. The number of nitrogens with one attached hydrogen (secondary N) is 1. The largest absolute Gasteiger partial charge is 0.364 e. The van der Waals surface area contributed by atoms with Gasteiger partial charge in [-0.15, -0.1) is 0 Å². The van der Waals surface area contributed by atoms with Gasteiger partial charge in [0.25, 0.3) is 11.1 Å². The first-order valence-corrected chi connectivity index (χ1v) is 8.43. The van der Waals surface area contributed by atoms with E-state index in [2.05, 4.69) is 5.32 Å². The van der Waals surface area contributed by atoms with Gasteiger partial charge >= 0.3 is 0 Å². The van der Waals surface area contributed by atoms with Crippen LogP contribution >= 0.6 is 35.0 Å². The molecule has 1 fully saturated rings. The Bertz CT molecular complexity index is 797. The second kappa shape index (κ2) is 6.43. The minimum atomic E-state index is -0.738. The molecule has 0 aromatic heterocycles. The van der Waals surface area contributed by atoms with Crippen LogP contribution in [0.5, 0.6) is 0 Å². The van der Waals surface area contributed by atoms with Crippen molar-refractivity contribution in [1.29, 1.82) is 0 Å². The molecular weight excluding hydrogens is 355 g/mol. The highest BCUT2D eigenvalue weighted by Gasteiger charge is 2.41. The molecule has 1 heterocycles. The number of para-hydroxylation sites is 1. The molecule has 2 amide bonds. The minimum Gasteiger partial charge on any atom is -0.364 e. The summed E-state index contributed by atoms with van der Waals surface area (Å²) in [5, 5.41) is 2.63. The van der Waals surface area contributed by atoms with E-state index in [1.165, 1.54) is 4.90 Å². The summed E-state index contributed by atoms with van der Waals surface area (Å²) in [4.78, 5) is 26.1. The van der Waals surface area contributed by atoms with E-state index in [9.17, 15) is 9.59 Å². The number of carbonyl (C=O) groups is 2. The van der Waals surface area contributed by atoms with Gasteiger partial charge in [0.15, 0.2) is 5.37 Å². The molecular formula is C16H12Cl2N2O2S. The van der Waals surface area contributed by atoms with Crippen LogP contribution in [0.2, 0.25) is 10.0 Å². The molecule has 0 bridgehead atoms. The first-order chi connectivity index (χ1) is 11.0. The summed E-state index contributed by atoms with van der Waals surface area (Å²) in [6, 6.07) is 12.4. The Hall–Kier alpha value is -1.69. The number of imide groups is 1. The van der Waals surface area contributed by atoms with Gasteiger partial charge in [-0.05, 0) is 42.4 Å². The fourth-order valence-electron chi connectivity index (χ4n) is 2.29. The van der Waals surface area contributed by atoms with Gasteiger partial charge in [-0.2, -0.15) is 0 Å². The number of aryl methyl sites for hydroxylation is 1.